The Hall–Kier alpha value is -6.24. The van der Waals surface area contributed by atoms with Crippen LogP contribution in [0.5, 0.6) is 0 Å². The summed E-state index contributed by atoms with van der Waals surface area (Å²) in [5.41, 5.74) is 17.9. The number of thiophene rings is 1. The molecule has 59 heavy (non-hydrogen) atoms. The summed E-state index contributed by atoms with van der Waals surface area (Å²) >= 11 is 1.89. The second-order valence-corrected chi connectivity index (χ2v) is 19.8. The van der Waals surface area contributed by atoms with Gasteiger partial charge in [-0.15, -0.1) is 11.3 Å². The molecule has 0 saturated heterocycles. The van der Waals surface area contributed by atoms with Gasteiger partial charge >= 0.3 is 6.85 Å². The van der Waals surface area contributed by atoms with Crippen molar-refractivity contribution in [3.63, 3.8) is 0 Å². The molecule has 4 nitrogen and oxygen atoms in total. The number of fused-ring (bicyclic) bond motifs is 17. The fourth-order valence-electron chi connectivity index (χ4n) is 11.6. The lowest BCUT2D eigenvalue weighted by Crippen LogP contribution is -2.56. The fraction of sp³-hybridized carbons (Fsp3) is 0.170. The second kappa shape index (κ2) is 10.7. The van der Waals surface area contributed by atoms with E-state index in [1.807, 2.05) is 11.3 Å². The van der Waals surface area contributed by atoms with Gasteiger partial charge in [0.25, 0.3) is 0 Å². The lowest BCUT2D eigenvalue weighted by molar-refractivity contribution is 0.332. The zero-order valence-electron chi connectivity index (χ0n) is 33.7. The van der Waals surface area contributed by atoms with Crippen molar-refractivity contribution in [3.8, 4) is 11.1 Å². The van der Waals surface area contributed by atoms with Crippen LogP contribution in [-0.4, -0.2) is 11.3 Å². The summed E-state index contributed by atoms with van der Waals surface area (Å²) in [4.78, 5) is 2.63. The molecule has 0 N–H and O–H groups in total. The van der Waals surface area contributed by atoms with E-state index in [0.29, 0.717) is 0 Å². The minimum atomic E-state index is -0.165. The first-order valence-corrected chi connectivity index (χ1v) is 21.8. The molecule has 0 bridgehead atoms. The second-order valence-electron chi connectivity index (χ2n) is 18.7. The normalized spacial score (nSPS) is 16.3. The Bertz CT molecular complexity index is 3720. The molecule has 3 aliphatic rings. The molecule has 0 radical (unpaired) electrons. The lowest BCUT2D eigenvalue weighted by atomic mass is 9.45. The smallest absolute Gasteiger partial charge is 0.336 e. The number of anilines is 3. The van der Waals surface area contributed by atoms with Crippen molar-refractivity contribution in [2.45, 2.75) is 58.3 Å². The number of hydrogen-bond acceptors (Lipinski definition) is 4. The zero-order chi connectivity index (χ0) is 39.3. The van der Waals surface area contributed by atoms with E-state index in [2.05, 4.69) is 165 Å². The van der Waals surface area contributed by atoms with Crippen molar-refractivity contribution in [1.82, 2.24) is 4.48 Å². The van der Waals surface area contributed by atoms with E-state index in [9.17, 15) is 0 Å². The van der Waals surface area contributed by atoms with Crippen LogP contribution in [0.2, 0.25) is 0 Å². The maximum absolute atomic E-state index is 7.03. The van der Waals surface area contributed by atoms with Crippen molar-refractivity contribution in [1.29, 1.82) is 0 Å². The zero-order valence-corrected chi connectivity index (χ0v) is 34.5. The number of hydrogen-bond donors (Lipinski definition) is 0. The maximum Gasteiger partial charge on any atom is 0.336 e. The van der Waals surface area contributed by atoms with Gasteiger partial charge in [0, 0.05) is 75.4 Å². The summed E-state index contributed by atoms with van der Waals surface area (Å²) in [5.74, 6) is 0. The molecule has 0 fully saturated rings. The number of para-hydroxylation sites is 3. The summed E-state index contributed by atoms with van der Waals surface area (Å²) in [6.07, 6.45) is 2.34. The third-order valence-corrected chi connectivity index (χ3v) is 15.7. The molecule has 7 aromatic carbocycles. The first-order chi connectivity index (χ1) is 28.7. The van der Waals surface area contributed by atoms with E-state index < -0.39 is 0 Å². The first-order valence-electron chi connectivity index (χ1n) is 21.0. The van der Waals surface area contributed by atoms with Gasteiger partial charge < -0.3 is 18.2 Å². The average Bonchev–Trinajstić information content (AvgIpc) is 3.99. The largest absolute Gasteiger partial charge is 0.455 e. The van der Waals surface area contributed by atoms with Crippen molar-refractivity contribution in [2.75, 3.05) is 4.90 Å². The standard InChI is InChI=1S/C53H39BN2O2S/c1-28-23-36-37(53(4,5)22-21-52(36,2)3)26-39(28)55-40-24-34-30-14-8-11-20-44(30)59-45(34)27-38(40)54-48-41(55)25-35-29-13-6-9-18-42(29)57-50(35)47(48)33-17-12-16-32-46-31-15-7-10-19-43(31)58-51(46)56(54)49(32)33/h6-20,23-27H,21-22H2,1-5H3. The number of benzene rings is 7. The Balaban J connectivity index is 1.21. The monoisotopic (exact) mass is 778 g/mol. The quantitative estimate of drug-likeness (QED) is 0.156. The van der Waals surface area contributed by atoms with Crippen molar-refractivity contribution in [2.24, 2.45) is 0 Å². The van der Waals surface area contributed by atoms with E-state index >= 15 is 0 Å². The summed E-state index contributed by atoms with van der Waals surface area (Å²) in [6.45, 7) is 11.9. The van der Waals surface area contributed by atoms with Gasteiger partial charge in [-0.25, -0.2) is 0 Å². The predicted molar refractivity (Wildman–Crippen MR) is 250 cm³/mol. The summed E-state index contributed by atoms with van der Waals surface area (Å²) in [6, 6.07) is 45.4. The van der Waals surface area contributed by atoms with Gasteiger partial charge in [0.1, 0.15) is 16.7 Å². The van der Waals surface area contributed by atoms with Crippen LogP contribution in [0.3, 0.4) is 0 Å². The van der Waals surface area contributed by atoms with E-state index in [4.69, 9.17) is 8.83 Å². The Morgan fingerprint density at radius 1 is 0.593 bits per heavy atom. The molecule has 0 amide bonds. The fourth-order valence-corrected chi connectivity index (χ4v) is 12.7. The number of aromatic nitrogens is 1. The number of nitrogens with zero attached hydrogens (tertiary/aromatic N) is 2. The summed E-state index contributed by atoms with van der Waals surface area (Å²) in [7, 11) is 0. The molecule has 0 saturated carbocycles. The highest BCUT2D eigenvalue weighted by atomic mass is 32.1. The molecule has 0 unspecified atom stereocenters. The Morgan fingerprint density at radius 2 is 1.27 bits per heavy atom. The molecule has 0 atom stereocenters. The Labute approximate surface area is 345 Å². The van der Waals surface area contributed by atoms with Crippen LogP contribution in [0, 0.1) is 6.92 Å². The molecule has 6 heteroatoms. The van der Waals surface area contributed by atoms with E-state index in [1.165, 1.54) is 98.7 Å². The van der Waals surface area contributed by atoms with Crippen LogP contribution in [0.25, 0.3) is 86.2 Å². The SMILES string of the molecule is Cc1cc2c(cc1N1c3cc4c(cc3B3c5c1cc1c(oc6ccccc61)c5-c1cccc5c6c7ccccc7oc6n3c15)sc1ccccc14)C(C)(C)CCC2(C)C. The van der Waals surface area contributed by atoms with Crippen LogP contribution in [-0.2, 0) is 10.8 Å². The molecule has 1 aliphatic carbocycles. The Morgan fingerprint density at radius 3 is 2.08 bits per heavy atom. The average molecular weight is 779 g/mol. The number of furan rings is 2. The van der Waals surface area contributed by atoms with Gasteiger partial charge in [-0.3, -0.25) is 0 Å². The van der Waals surface area contributed by atoms with E-state index in [0.717, 1.165) is 45.0 Å². The van der Waals surface area contributed by atoms with Gasteiger partial charge in [0.05, 0.1) is 5.39 Å². The molecule has 4 aromatic heterocycles. The van der Waals surface area contributed by atoms with Crippen LogP contribution in [0.15, 0.2) is 130 Å². The molecule has 282 valence electrons. The molecule has 14 rings (SSSR count). The minimum absolute atomic E-state index is 0.0503. The van der Waals surface area contributed by atoms with Gasteiger partial charge in [-0.05, 0) is 101 Å². The highest BCUT2D eigenvalue weighted by Crippen LogP contribution is 2.54. The van der Waals surface area contributed by atoms with Crippen LogP contribution < -0.4 is 15.8 Å². The highest BCUT2D eigenvalue weighted by Gasteiger charge is 2.46. The summed E-state index contributed by atoms with van der Waals surface area (Å²) < 4.78 is 19.2. The number of rotatable bonds is 1. The maximum atomic E-state index is 7.03. The first kappa shape index (κ1) is 32.7. The topological polar surface area (TPSA) is 34.5 Å². The molecule has 6 heterocycles. The number of aryl methyl sites for hydroxylation is 1. The Kier molecular flexibility index (Phi) is 5.92. The summed E-state index contributed by atoms with van der Waals surface area (Å²) in [5, 5.41) is 8.43. The van der Waals surface area contributed by atoms with E-state index in [1.54, 1.807) is 0 Å². The van der Waals surface area contributed by atoms with Gasteiger partial charge in [-0.1, -0.05) is 107 Å². The van der Waals surface area contributed by atoms with Crippen LogP contribution >= 0.6 is 11.3 Å². The van der Waals surface area contributed by atoms with Crippen molar-refractivity contribution < 1.29 is 8.83 Å². The molecule has 11 aromatic rings. The van der Waals surface area contributed by atoms with Crippen LogP contribution in [0.1, 0.15) is 57.2 Å². The molecular weight excluding hydrogens is 739 g/mol. The minimum Gasteiger partial charge on any atom is -0.455 e. The van der Waals surface area contributed by atoms with Gasteiger partial charge in [0.15, 0.2) is 5.71 Å². The van der Waals surface area contributed by atoms with E-state index in [-0.39, 0.29) is 17.7 Å². The predicted octanol–water partition coefficient (Wildman–Crippen LogP) is 13.9. The molecule has 0 spiro atoms. The highest BCUT2D eigenvalue weighted by molar-refractivity contribution is 7.26. The molecular formula is C53H39BN2O2S. The third-order valence-electron chi connectivity index (χ3n) is 14.5. The van der Waals surface area contributed by atoms with Crippen LogP contribution in [0.4, 0.5) is 17.1 Å². The van der Waals surface area contributed by atoms with Gasteiger partial charge in [-0.2, -0.15) is 0 Å². The van der Waals surface area contributed by atoms with Crippen molar-refractivity contribution in [3.05, 3.63) is 138 Å². The third kappa shape index (κ3) is 3.97. The van der Waals surface area contributed by atoms with Gasteiger partial charge in [0.2, 0.25) is 0 Å². The lowest BCUT2D eigenvalue weighted by Gasteiger charge is -2.44. The molecule has 2 aliphatic heterocycles. The van der Waals surface area contributed by atoms with Crippen molar-refractivity contribution >= 4 is 121 Å².